The fourth-order valence-corrected chi connectivity index (χ4v) is 3.56. The van der Waals surface area contributed by atoms with Crippen molar-refractivity contribution in [2.24, 2.45) is 5.41 Å². The number of ketones is 1. The zero-order chi connectivity index (χ0) is 22.8. The van der Waals surface area contributed by atoms with Crippen molar-refractivity contribution < 1.29 is 24.2 Å². The van der Waals surface area contributed by atoms with E-state index in [2.05, 4.69) is 0 Å². The van der Waals surface area contributed by atoms with E-state index in [1.165, 1.54) is 4.90 Å². The van der Waals surface area contributed by atoms with Crippen LogP contribution in [0.1, 0.15) is 45.7 Å². The summed E-state index contributed by atoms with van der Waals surface area (Å²) in [4.78, 5) is 27.9. The van der Waals surface area contributed by atoms with Crippen molar-refractivity contribution in [3.8, 4) is 11.5 Å². The molecule has 2 aromatic rings. The summed E-state index contributed by atoms with van der Waals surface area (Å²) in [5.41, 5.74) is 0.572. The average molecular weight is 424 g/mol. The first-order valence-corrected chi connectivity index (χ1v) is 10.4. The summed E-state index contributed by atoms with van der Waals surface area (Å²) in [7, 11) is 1.56. The second-order valence-corrected chi connectivity index (χ2v) is 8.54. The predicted molar refractivity (Wildman–Crippen MR) is 120 cm³/mol. The summed E-state index contributed by atoms with van der Waals surface area (Å²) < 4.78 is 11.0. The molecule has 1 heterocycles. The topological polar surface area (TPSA) is 76.1 Å². The molecule has 6 nitrogen and oxygen atoms in total. The highest BCUT2D eigenvalue weighted by Crippen LogP contribution is 2.44. The lowest BCUT2D eigenvalue weighted by Gasteiger charge is -2.29. The van der Waals surface area contributed by atoms with Crippen LogP contribution in [0.4, 0.5) is 5.69 Å². The molecule has 0 saturated heterocycles. The van der Waals surface area contributed by atoms with Crippen LogP contribution in [0.5, 0.6) is 11.5 Å². The number of amides is 1. The standard InChI is InChI=1S/C25H29NO5/c1-6-14-31-19-9-7-8-16(15-19)21-20(23(28)25(2,3)4)22(27)24(29)26(21)17-10-12-18(30-5)13-11-17/h7-13,15,21,27H,6,14H2,1-5H3. The van der Waals surface area contributed by atoms with Crippen LogP contribution in [0.3, 0.4) is 0 Å². The number of benzene rings is 2. The lowest BCUT2D eigenvalue weighted by atomic mass is 9.82. The van der Waals surface area contributed by atoms with E-state index in [1.807, 2.05) is 31.2 Å². The number of hydrogen-bond acceptors (Lipinski definition) is 5. The van der Waals surface area contributed by atoms with Crippen LogP contribution in [-0.2, 0) is 9.59 Å². The van der Waals surface area contributed by atoms with Gasteiger partial charge in [0, 0.05) is 11.1 Å². The molecular formula is C25H29NO5. The second-order valence-electron chi connectivity index (χ2n) is 8.54. The number of ether oxygens (including phenoxy) is 2. The van der Waals surface area contributed by atoms with Gasteiger partial charge in [0.2, 0.25) is 0 Å². The Morgan fingerprint density at radius 3 is 2.35 bits per heavy atom. The minimum Gasteiger partial charge on any atom is -0.503 e. The van der Waals surface area contributed by atoms with Gasteiger partial charge in [0.1, 0.15) is 11.5 Å². The Bertz CT molecular complexity index is 1000. The third kappa shape index (κ3) is 4.43. The van der Waals surface area contributed by atoms with Crippen LogP contribution in [0.2, 0.25) is 0 Å². The minimum atomic E-state index is -0.770. The Balaban J connectivity index is 2.15. The van der Waals surface area contributed by atoms with Gasteiger partial charge in [-0.05, 0) is 48.4 Å². The molecule has 0 saturated carbocycles. The molecule has 31 heavy (non-hydrogen) atoms. The van der Waals surface area contributed by atoms with Gasteiger partial charge >= 0.3 is 0 Å². The van der Waals surface area contributed by atoms with E-state index in [4.69, 9.17) is 9.47 Å². The van der Waals surface area contributed by atoms with Crippen molar-refractivity contribution in [2.45, 2.75) is 40.2 Å². The summed E-state index contributed by atoms with van der Waals surface area (Å²) >= 11 is 0. The zero-order valence-corrected chi connectivity index (χ0v) is 18.6. The Morgan fingerprint density at radius 2 is 1.77 bits per heavy atom. The van der Waals surface area contributed by atoms with Crippen LogP contribution >= 0.6 is 0 Å². The molecule has 1 unspecified atom stereocenters. The maximum atomic E-state index is 13.3. The molecule has 0 spiro atoms. The van der Waals surface area contributed by atoms with Gasteiger partial charge in [0.15, 0.2) is 11.5 Å². The monoisotopic (exact) mass is 423 g/mol. The van der Waals surface area contributed by atoms with Crippen molar-refractivity contribution in [2.75, 3.05) is 18.6 Å². The van der Waals surface area contributed by atoms with Crippen molar-refractivity contribution in [3.63, 3.8) is 0 Å². The van der Waals surface area contributed by atoms with Gasteiger partial charge in [-0.25, -0.2) is 0 Å². The first-order chi connectivity index (χ1) is 14.7. The van der Waals surface area contributed by atoms with Gasteiger partial charge in [-0.1, -0.05) is 39.8 Å². The van der Waals surface area contributed by atoms with Gasteiger partial charge in [-0.3, -0.25) is 14.5 Å². The molecule has 164 valence electrons. The summed E-state index contributed by atoms with van der Waals surface area (Å²) in [6, 6.07) is 13.5. The SMILES string of the molecule is CCCOc1cccc(C2C(C(=O)C(C)(C)C)=C(O)C(=O)N2c2ccc(OC)cc2)c1. The van der Waals surface area contributed by atoms with Crippen LogP contribution in [0.15, 0.2) is 59.9 Å². The molecule has 0 aliphatic carbocycles. The number of carbonyl (C=O) groups is 2. The third-order valence-electron chi connectivity index (χ3n) is 5.13. The first-order valence-electron chi connectivity index (χ1n) is 10.4. The second kappa shape index (κ2) is 8.84. The number of carbonyl (C=O) groups excluding carboxylic acids is 2. The molecule has 1 aliphatic rings. The van der Waals surface area contributed by atoms with Gasteiger partial charge in [-0.15, -0.1) is 0 Å². The third-order valence-corrected chi connectivity index (χ3v) is 5.13. The number of methoxy groups -OCH3 is 1. The molecule has 0 fully saturated rings. The maximum absolute atomic E-state index is 13.3. The molecule has 0 radical (unpaired) electrons. The number of Topliss-reactive ketones (excluding diaryl/α,β-unsaturated/α-hetero) is 1. The molecular weight excluding hydrogens is 394 g/mol. The lowest BCUT2D eigenvalue weighted by Crippen LogP contribution is -2.32. The fraction of sp³-hybridized carbons (Fsp3) is 0.360. The van der Waals surface area contributed by atoms with Crippen LogP contribution in [-0.4, -0.2) is 30.5 Å². The van der Waals surface area contributed by atoms with E-state index in [-0.39, 0.29) is 11.4 Å². The van der Waals surface area contributed by atoms with E-state index in [0.29, 0.717) is 29.4 Å². The zero-order valence-electron chi connectivity index (χ0n) is 18.6. The number of anilines is 1. The Labute approximate surface area is 183 Å². The van der Waals surface area contributed by atoms with E-state index < -0.39 is 23.1 Å². The summed E-state index contributed by atoms with van der Waals surface area (Å²) in [6.07, 6.45) is 0.860. The van der Waals surface area contributed by atoms with Gasteiger partial charge < -0.3 is 14.6 Å². The van der Waals surface area contributed by atoms with E-state index >= 15 is 0 Å². The van der Waals surface area contributed by atoms with Crippen LogP contribution in [0.25, 0.3) is 0 Å². The average Bonchev–Trinajstić information content (AvgIpc) is 3.02. The van der Waals surface area contributed by atoms with Gasteiger partial charge in [-0.2, -0.15) is 0 Å². The highest BCUT2D eigenvalue weighted by Gasteiger charge is 2.46. The quantitative estimate of drug-likeness (QED) is 0.678. The Hall–Kier alpha value is -3.28. The predicted octanol–water partition coefficient (Wildman–Crippen LogP) is 5.00. The number of nitrogens with zero attached hydrogens (tertiary/aromatic N) is 1. The van der Waals surface area contributed by atoms with Gasteiger partial charge in [0.05, 0.1) is 25.3 Å². The maximum Gasteiger partial charge on any atom is 0.294 e. The van der Waals surface area contributed by atoms with Gasteiger partial charge in [0.25, 0.3) is 5.91 Å². The number of rotatable bonds is 7. The smallest absolute Gasteiger partial charge is 0.294 e. The van der Waals surface area contributed by atoms with Crippen molar-refractivity contribution in [1.29, 1.82) is 0 Å². The molecule has 1 aliphatic heterocycles. The number of aliphatic hydroxyl groups excluding tert-OH is 1. The highest BCUT2D eigenvalue weighted by molar-refractivity contribution is 6.17. The number of hydrogen-bond donors (Lipinski definition) is 1. The summed E-state index contributed by atoms with van der Waals surface area (Å²) in [5.74, 6) is -0.108. The van der Waals surface area contributed by atoms with E-state index in [9.17, 15) is 14.7 Å². The van der Waals surface area contributed by atoms with E-state index in [0.717, 1.165) is 6.42 Å². The lowest BCUT2D eigenvalue weighted by molar-refractivity contribution is -0.123. The molecule has 6 heteroatoms. The van der Waals surface area contributed by atoms with Crippen molar-refractivity contribution >= 4 is 17.4 Å². The molecule has 2 aromatic carbocycles. The molecule has 3 rings (SSSR count). The highest BCUT2D eigenvalue weighted by atomic mass is 16.5. The van der Waals surface area contributed by atoms with E-state index in [1.54, 1.807) is 52.1 Å². The Kier molecular flexibility index (Phi) is 6.39. The molecule has 0 bridgehead atoms. The molecule has 0 aromatic heterocycles. The minimum absolute atomic E-state index is 0.0981. The largest absolute Gasteiger partial charge is 0.503 e. The fourth-order valence-electron chi connectivity index (χ4n) is 3.56. The van der Waals surface area contributed by atoms with Crippen LogP contribution < -0.4 is 14.4 Å². The normalized spacial score (nSPS) is 16.6. The first kappa shape index (κ1) is 22.4. The molecule has 1 amide bonds. The number of aliphatic hydroxyl groups is 1. The summed E-state index contributed by atoms with van der Waals surface area (Å²) in [6.45, 7) is 7.89. The van der Waals surface area contributed by atoms with Crippen LogP contribution in [0, 0.1) is 5.41 Å². The van der Waals surface area contributed by atoms with Crippen molar-refractivity contribution in [3.05, 3.63) is 65.4 Å². The summed E-state index contributed by atoms with van der Waals surface area (Å²) in [5, 5.41) is 10.8. The molecule has 1 atom stereocenters. The Morgan fingerprint density at radius 1 is 1.10 bits per heavy atom. The van der Waals surface area contributed by atoms with Crippen molar-refractivity contribution in [1.82, 2.24) is 0 Å². The molecule has 1 N–H and O–H groups in total.